The average Bonchev–Trinajstić information content (AvgIpc) is 3.43. The maximum atomic E-state index is 14.6. The number of rotatable bonds is 16. The van der Waals surface area contributed by atoms with Gasteiger partial charge < -0.3 is 58.1 Å². The number of Topliss-reactive ketones (excluding diaryl/α,β-unsaturated/α-hetero) is 3. The van der Waals surface area contributed by atoms with Crippen LogP contribution in [0.25, 0.3) is 0 Å². The maximum Gasteiger partial charge on any atom is 0.482 e. The molecule has 3 heterocycles. The number of fused-ring (bicyclic) bond motifs is 3. The summed E-state index contributed by atoms with van der Waals surface area (Å²) in [6, 6.07) is -1.26. The SMILES string of the molecule is CO[C@@H]1CC(C[C@@H](C)C2CC(=O)[C@H](C)/C=C(\C)[C@@H](O)[C@@H](OC)C(=O)[C@H](C)C[C@H](C)/C=C/C=C/C=C(\C)[C@H](OCCOCCOC(F)(F)C(F)(F)F)C[C@@H]3CC[C@@H](C)[C@@](O)(O3)C(=O)C(=O)N3CCCC[C@H]3C(=O)O2)CC[C@H]1OCCO. The number of esters is 1. The predicted octanol–water partition coefficient (Wildman–Crippen LogP) is 7.76. The van der Waals surface area contributed by atoms with Gasteiger partial charge in [-0.05, 0) is 107 Å². The van der Waals surface area contributed by atoms with E-state index in [1.54, 1.807) is 72.1 Å². The first-order valence-corrected chi connectivity index (χ1v) is 28.2. The second-order valence-corrected chi connectivity index (χ2v) is 22.3. The van der Waals surface area contributed by atoms with Crippen molar-refractivity contribution in [2.75, 3.05) is 60.4 Å². The highest BCUT2D eigenvalue weighted by Crippen LogP contribution is 2.39. The zero-order chi connectivity index (χ0) is 59.5. The first-order valence-electron chi connectivity index (χ1n) is 28.2. The second-order valence-electron chi connectivity index (χ2n) is 22.3. The molecule has 4 rings (SSSR count). The number of aliphatic hydroxyl groups excluding tert-OH is 2. The van der Waals surface area contributed by atoms with Gasteiger partial charge >= 0.3 is 18.3 Å². The summed E-state index contributed by atoms with van der Waals surface area (Å²) in [5, 5.41) is 33.1. The van der Waals surface area contributed by atoms with Gasteiger partial charge in [-0.2, -0.15) is 22.0 Å². The predicted molar refractivity (Wildman–Crippen MR) is 283 cm³/mol. The number of halogens is 5. The first kappa shape index (κ1) is 68.7. The summed E-state index contributed by atoms with van der Waals surface area (Å²) in [4.78, 5) is 72.7. The van der Waals surface area contributed by atoms with E-state index in [0.29, 0.717) is 56.1 Å². The third-order valence-electron chi connectivity index (χ3n) is 16.0. The summed E-state index contributed by atoms with van der Waals surface area (Å²) in [7, 11) is 2.92. The first-order chi connectivity index (χ1) is 37.7. The molecule has 15 atom stereocenters. The molecule has 3 aliphatic heterocycles. The minimum absolute atomic E-state index is 0.0228. The highest BCUT2D eigenvalue weighted by Gasteiger charge is 2.59. The average molecular weight is 1150 g/mol. The number of cyclic esters (lactones) is 1. The van der Waals surface area contributed by atoms with Crippen molar-refractivity contribution in [2.24, 2.45) is 35.5 Å². The third-order valence-corrected chi connectivity index (χ3v) is 16.0. The normalized spacial score (nSPS) is 35.5. The van der Waals surface area contributed by atoms with E-state index in [1.807, 2.05) is 19.9 Å². The number of carbonyl (C=O) groups excluding carboxylic acids is 5. The van der Waals surface area contributed by atoms with Crippen LogP contribution in [0, 0.1) is 35.5 Å². The standard InChI is InChI=1S/C58H88F5NO16/c1-35-15-11-10-12-16-36(2)47(77-27-25-75-26-28-78-58(62,63)57(59,60)61)33-43-20-18-41(7)56(72,80-43)53(69)54(70)64-22-14-13-17-44(64)55(71)79-48(38(4)31-42-19-21-46(76-24-23-65)49(32-42)73-8)34-45(66)37(3)30-40(6)51(68)52(74-9)50(67)39(5)29-35/h10-12,15-16,30,35,37-39,41-44,46-49,51-52,65,68,72H,13-14,17-29,31-34H2,1-9H3/b12-10+,15-11+,36-16+,40-30+/t35-,37-,38-,39-,41-,42?,43+,44+,46-,47-,48?,49-,51-,52+,56-/m1/s1. The van der Waals surface area contributed by atoms with Crippen molar-refractivity contribution < 1.29 is 99.1 Å². The molecule has 0 aromatic carbocycles. The fourth-order valence-electron chi connectivity index (χ4n) is 11.1. The van der Waals surface area contributed by atoms with Crippen molar-refractivity contribution in [2.45, 2.75) is 192 Å². The van der Waals surface area contributed by atoms with Gasteiger partial charge in [0.1, 0.15) is 30.1 Å². The summed E-state index contributed by atoms with van der Waals surface area (Å²) >= 11 is 0. The number of hydrogen-bond acceptors (Lipinski definition) is 16. The third kappa shape index (κ3) is 19.6. The largest absolute Gasteiger partial charge is 0.482 e. The lowest BCUT2D eigenvalue weighted by Gasteiger charge is -2.43. The Morgan fingerprint density at radius 1 is 0.812 bits per heavy atom. The molecule has 3 fully saturated rings. The highest BCUT2D eigenvalue weighted by molar-refractivity contribution is 6.39. The number of alkyl halides is 5. The van der Waals surface area contributed by atoms with Crippen molar-refractivity contribution >= 4 is 29.2 Å². The van der Waals surface area contributed by atoms with Crippen LogP contribution in [0.4, 0.5) is 22.0 Å². The van der Waals surface area contributed by atoms with Crippen LogP contribution in [-0.2, 0) is 61.9 Å². The van der Waals surface area contributed by atoms with Gasteiger partial charge in [-0.25, -0.2) is 4.79 Å². The quantitative estimate of drug-likeness (QED) is 0.0442. The van der Waals surface area contributed by atoms with Crippen LogP contribution < -0.4 is 0 Å². The molecule has 17 nitrogen and oxygen atoms in total. The molecule has 0 aromatic rings. The smallest absolute Gasteiger partial charge is 0.460 e. The number of carbonyl (C=O) groups is 5. The van der Waals surface area contributed by atoms with Crippen LogP contribution in [0.3, 0.4) is 0 Å². The molecule has 0 aromatic heterocycles. The molecule has 456 valence electrons. The molecule has 2 saturated heterocycles. The topological polar surface area (TPSA) is 223 Å². The van der Waals surface area contributed by atoms with E-state index in [4.69, 9.17) is 33.2 Å². The second kappa shape index (κ2) is 32.3. The fourth-order valence-corrected chi connectivity index (χ4v) is 11.1. The minimum atomic E-state index is -5.90. The Labute approximate surface area is 467 Å². The molecule has 22 heteroatoms. The van der Waals surface area contributed by atoms with E-state index in [1.165, 1.54) is 7.11 Å². The monoisotopic (exact) mass is 1150 g/mol. The van der Waals surface area contributed by atoms with E-state index in [0.717, 1.165) is 11.3 Å². The van der Waals surface area contributed by atoms with Crippen LogP contribution in [0.15, 0.2) is 47.6 Å². The van der Waals surface area contributed by atoms with Crippen molar-refractivity contribution in [1.29, 1.82) is 0 Å². The molecule has 2 unspecified atom stereocenters. The Morgan fingerprint density at radius 3 is 2.20 bits per heavy atom. The molecule has 3 N–H and O–H groups in total. The Hall–Kier alpha value is -3.84. The number of piperidine rings is 1. The number of nitrogens with zero attached hydrogens (tertiary/aromatic N) is 1. The number of hydrogen-bond donors (Lipinski definition) is 3. The highest BCUT2D eigenvalue weighted by atomic mass is 19.4. The Kier molecular flexibility index (Phi) is 27.7. The Balaban J connectivity index is 1.68. The van der Waals surface area contributed by atoms with Crippen LogP contribution in [0.5, 0.6) is 0 Å². The molecule has 1 aliphatic carbocycles. The lowest BCUT2D eigenvalue weighted by atomic mass is 9.78. The van der Waals surface area contributed by atoms with Crippen molar-refractivity contribution in [3.63, 3.8) is 0 Å². The van der Waals surface area contributed by atoms with E-state index >= 15 is 0 Å². The minimum Gasteiger partial charge on any atom is -0.460 e. The fraction of sp³-hybridized carbons (Fsp3) is 0.776. The van der Waals surface area contributed by atoms with Gasteiger partial charge in [0, 0.05) is 51.4 Å². The number of ketones is 3. The number of aliphatic hydroxyl groups is 3. The van der Waals surface area contributed by atoms with Gasteiger partial charge in [-0.3, -0.25) is 19.2 Å². The molecule has 4 aliphatic rings. The van der Waals surface area contributed by atoms with Gasteiger partial charge in [-0.1, -0.05) is 71.1 Å². The number of amides is 1. The van der Waals surface area contributed by atoms with Crippen LogP contribution >= 0.6 is 0 Å². The van der Waals surface area contributed by atoms with Crippen molar-refractivity contribution in [1.82, 2.24) is 4.90 Å². The van der Waals surface area contributed by atoms with Gasteiger partial charge in [-0.15, -0.1) is 0 Å². The number of allylic oxidation sites excluding steroid dienone is 6. The van der Waals surface area contributed by atoms with E-state index in [9.17, 15) is 61.2 Å². The van der Waals surface area contributed by atoms with E-state index < -0.39 is 109 Å². The molecule has 1 amide bonds. The van der Waals surface area contributed by atoms with Gasteiger partial charge in [0.25, 0.3) is 11.7 Å². The molecule has 0 radical (unpaired) electrons. The van der Waals surface area contributed by atoms with Crippen LogP contribution in [0.1, 0.15) is 126 Å². The Morgan fingerprint density at radius 2 is 1.52 bits per heavy atom. The molecule has 2 bridgehead atoms. The van der Waals surface area contributed by atoms with E-state index in [-0.39, 0.29) is 94.3 Å². The molecule has 80 heavy (non-hydrogen) atoms. The lowest BCUT2D eigenvalue weighted by molar-refractivity contribution is -0.392. The summed E-state index contributed by atoms with van der Waals surface area (Å²) < 4.78 is 109. The van der Waals surface area contributed by atoms with Gasteiger partial charge in [0.15, 0.2) is 5.78 Å². The molecular weight excluding hydrogens is 1060 g/mol. The zero-order valence-corrected chi connectivity index (χ0v) is 48.0. The van der Waals surface area contributed by atoms with Gasteiger partial charge in [0.05, 0.1) is 64.1 Å². The van der Waals surface area contributed by atoms with Crippen molar-refractivity contribution in [3.8, 4) is 0 Å². The Bertz CT molecular complexity index is 2140. The zero-order valence-electron chi connectivity index (χ0n) is 48.0. The summed E-state index contributed by atoms with van der Waals surface area (Å²) in [5.41, 5.74) is 0.944. The van der Waals surface area contributed by atoms with Crippen LogP contribution in [-0.4, -0.2) is 177 Å². The number of methoxy groups -OCH3 is 2. The maximum absolute atomic E-state index is 14.6. The number of ether oxygens (including phenoxy) is 8. The summed E-state index contributed by atoms with van der Waals surface area (Å²) in [6.45, 7) is 10.0. The summed E-state index contributed by atoms with van der Waals surface area (Å²) in [5.74, 6) is -9.27. The molecule has 0 spiro atoms. The lowest BCUT2D eigenvalue weighted by Crippen LogP contribution is -2.61. The summed E-state index contributed by atoms with van der Waals surface area (Å²) in [6.07, 6.45) is -2.37. The molecule has 1 saturated carbocycles. The molecular formula is C58H88F5NO16. The van der Waals surface area contributed by atoms with Crippen LogP contribution in [0.2, 0.25) is 0 Å². The van der Waals surface area contributed by atoms with Crippen molar-refractivity contribution in [3.05, 3.63) is 47.6 Å². The van der Waals surface area contributed by atoms with E-state index in [2.05, 4.69) is 4.74 Å². The van der Waals surface area contributed by atoms with Gasteiger partial charge in [0.2, 0.25) is 5.79 Å².